The van der Waals surface area contributed by atoms with Crippen molar-refractivity contribution in [3.8, 4) is 0 Å². The fourth-order valence-corrected chi connectivity index (χ4v) is 3.72. The van der Waals surface area contributed by atoms with Gasteiger partial charge in [-0.15, -0.1) is 11.3 Å². The molecule has 0 saturated heterocycles. The van der Waals surface area contributed by atoms with Crippen molar-refractivity contribution < 1.29 is 4.39 Å². The number of hydrogen-bond donors (Lipinski definition) is 1. The van der Waals surface area contributed by atoms with Crippen molar-refractivity contribution in [3.63, 3.8) is 0 Å². The average molecular weight is 289 g/mol. The minimum absolute atomic E-state index is 0.0872. The van der Waals surface area contributed by atoms with Gasteiger partial charge < -0.3 is 4.90 Å². The lowest BCUT2D eigenvalue weighted by Crippen LogP contribution is -2.27. The third-order valence-electron chi connectivity index (χ3n) is 3.74. The van der Waals surface area contributed by atoms with Gasteiger partial charge in [0.2, 0.25) is 0 Å². The fourth-order valence-electron chi connectivity index (χ4n) is 2.73. The summed E-state index contributed by atoms with van der Waals surface area (Å²) in [7, 11) is 0. The molecule has 0 bridgehead atoms. The van der Waals surface area contributed by atoms with Crippen molar-refractivity contribution in [2.45, 2.75) is 33.4 Å². The summed E-state index contributed by atoms with van der Waals surface area (Å²) in [5.74, 6) is 0.116. The monoisotopic (exact) mass is 289 g/mol. The van der Waals surface area contributed by atoms with Crippen LogP contribution in [0.15, 0.2) is 18.2 Å². The maximum absolute atomic E-state index is 13.3. The van der Waals surface area contributed by atoms with E-state index < -0.39 is 0 Å². The highest BCUT2D eigenvalue weighted by Crippen LogP contribution is 2.35. The second-order valence-corrected chi connectivity index (χ2v) is 6.37. The van der Waals surface area contributed by atoms with Crippen LogP contribution in [0.25, 0.3) is 0 Å². The molecule has 1 unspecified atom stereocenters. The molecule has 1 aromatic heterocycles. The third kappa shape index (κ3) is 2.02. The molecule has 1 N–H and O–H groups in total. The van der Waals surface area contributed by atoms with E-state index >= 15 is 0 Å². The van der Waals surface area contributed by atoms with E-state index in [-0.39, 0.29) is 11.9 Å². The molecule has 1 aliphatic heterocycles. The number of rotatable bonds is 2. The summed E-state index contributed by atoms with van der Waals surface area (Å²) >= 11 is 1.67. The van der Waals surface area contributed by atoms with E-state index in [1.165, 1.54) is 17.0 Å². The lowest BCUT2D eigenvalue weighted by atomic mass is 10.1. The number of amidine groups is 1. The quantitative estimate of drug-likeness (QED) is 0.913. The first-order valence-electron chi connectivity index (χ1n) is 6.55. The molecule has 2 aromatic rings. The summed E-state index contributed by atoms with van der Waals surface area (Å²) in [5, 5.41) is 9.33. The zero-order valence-corrected chi connectivity index (χ0v) is 12.5. The Bertz CT molecular complexity index is 692. The van der Waals surface area contributed by atoms with Crippen molar-refractivity contribution in [3.05, 3.63) is 50.7 Å². The first-order valence-corrected chi connectivity index (χ1v) is 7.37. The highest BCUT2D eigenvalue weighted by Gasteiger charge is 2.30. The SMILES string of the molecule is Cc1nc(C)c(C(C)N2Cc3ccc(F)cc3C2=N)s1. The second-order valence-electron chi connectivity index (χ2n) is 5.14. The zero-order chi connectivity index (χ0) is 14.4. The Balaban J connectivity index is 1.94. The minimum Gasteiger partial charge on any atom is -0.345 e. The Labute approximate surface area is 121 Å². The number of thiazole rings is 1. The van der Waals surface area contributed by atoms with Crippen LogP contribution in [0.5, 0.6) is 0 Å². The number of fused-ring (bicyclic) bond motifs is 1. The van der Waals surface area contributed by atoms with Crippen LogP contribution in [0.4, 0.5) is 4.39 Å². The second kappa shape index (κ2) is 4.66. The largest absolute Gasteiger partial charge is 0.345 e. The number of nitrogens with zero attached hydrogens (tertiary/aromatic N) is 2. The smallest absolute Gasteiger partial charge is 0.129 e. The standard InChI is InChI=1S/C15H16FN3S/c1-8-14(20-10(3)18-8)9(2)19-7-11-4-5-12(16)6-13(11)15(19)17/h4-6,9,17H,7H2,1-3H3. The predicted molar refractivity (Wildman–Crippen MR) is 78.8 cm³/mol. The fraction of sp³-hybridized carbons (Fsp3) is 0.333. The molecule has 0 spiro atoms. The number of benzene rings is 1. The molecule has 0 fully saturated rings. The van der Waals surface area contributed by atoms with Gasteiger partial charge in [-0.3, -0.25) is 5.41 Å². The van der Waals surface area contributed by atoms with Gasteiger partial charge in [0.05, 0.1) is 16.7 Å². The lowest BCUT2D eigenvalue weighted by Gasteiger charge is -2.25. The summed E-state index contributed by atoms with van der Waals surface area (Å²) < 4.78 is 13.3. The highest BCUT2D eigenvalue weighted by atomic mass is 32.1. The average Bonchev–Trinajstić information content (AvgIpc) is 2.90. The topological polar surface area (TPSA) is 40.0 Å². The molecule has 5 heteroatoms. The van der Waals surface area contributed by atoms with E-state index in [0.29, 0.717) is 17.9 Å². The molecule has 20 heavy (non-hydrogen) atoms. The van der Waals surface area contributed by atoms with E-state index in [0.717, 1.165) is 16.3 Å². The van der Waals surface area contributed by atoms with Crippen molar-refractivity contribution in [1.29, 1.82) is 5.41 Å². The molecular weight excluding hydrogens is 273 g/mol. The number of aryl methyl sites for hydroxylation is 2. The van der Waals surface area contributed by atoms with Gasteiger partial charge >= 0.3 is 0 Å². The van der Waals surface area contributed by atoms with Crippen LogP contribution in [-0.2, 0) is 6.54 Å². The van der Waals surface area contributed by atoms with E-state index in [1.807, 2.05) is 18.7 Å². The Morgan fingerprint density at radius 2 is 2.15 bits per heavy atom. The van der Waals surface area contributed by atoms with Gasteiger partial charge in [-0.1, -0.05) is 6.07 Å². The molecule has 2 heterocycles. The van der Waals surface area contributed by atoms with Gasteiger partial charge in [0.15, 0.2) is 0 Å². The number of halogens is 1. The molecule has 0 aliphatic carbocycles. The van der Waals surface area contributed by atoms with E-state index in [2.05, 4.69) is 11.9 Å². The maximum Gasteiger partial charge on any atom is 0.129 e. The summed E-state index contributed by atoms with van der Waals surface area (Å²) in [6.07, 6.45) is 0. The van der Waals surface area contributed by atoms with Crippen LogP contribution in [0.2, 0.25) is 0 Å². The van der Waals surface area contributed by atoms with Gasteiger partial charge in [0, 0.05) is 17.0 Å². The van der Waals surface area contributed by atoms with Gasteiger partial charge in [-0.2, -0.15) is 0 Å². The first-order chi connectivity index (χ1) is 9.47. The molecule has 1 aliphatic rings. The van der Waals surface area contributed by atoms with Crippen molar-refractivity contribution >= 4 is 17.2 Å². The molecule has 0 saturated carbocycles. The van der Waals surface area contributed by atoms with Gasteiger partial charge in [-0.05, 0) is 38.5 Å². The Kier molecular flexibility index (Phi) is 3.09. The lowest BCUT2D eigenvalue weighted by molar-refractivity contribution is 0.344. The number of hydrogen-bond acceptors (Lipinski definition) is 3. The first kappa shape index (κ1) is 13.2. The van der Waals surface area contributed by atoms with Crippen molar-refractivity contribution in [2.75, 3.05) is 0 Å². The van der Waals surface area contributed by atoms with E-state index in [4.69, 9.17) is 5.41 Å². The Morgan fingerprint density at radius 3 is 2.80 bits per heavy atom. The third-order valence-corrected chi connectivity index (χ3v) is 4.98. The van der Waals surface area contributed by atoms with Crippen LogP contribution < -0.4 is 0 Å². The maximum atomic E-state index is 13.3. The summed E-state index contributed by atoms with van der Waals surface area (Å²) in [6, 6.07) is 4.78. The van der Waals surface area contributed by atoms with Crippen LogP contribution in [0, 0.1) is 25.1 Å². The van der Waals surface area contributed by atoms with Gasteiger partial charge in [0.1, 0.15) is 11.7 Å². The number of nitrogens with one attached hydrogen (secondary N) is 1. The number of aromatic nitrogens is 1. The van der Waals surface area contributed by atoms with E-state index in [1.54, 1.807) is 17.4 Å². The van der Waals surface area contributed by atoms with Crippen molar-refractivity contribution in [2.24, 2.45) is 0 Å². The van der Waals surface area contributed by atoms with Crippen LogP contribution in [0.1, 0.15) is 39.7 Å². The normalized spacial score (nSPS) is 15.6. The van der Waals surface area contributed by atoms with Crippen LogP contribution >= 0.6 is 11.3 Å². The molecule has 3 nitrogen and oxygen atoms in total. The highest BCUT2D eigenvalue weighted by molar-refractivity contribution is 7.11. The predicted octanol–water partition coefficient (Wildman–Crippen LogP) is 3.80. The van der Waals surface area contributed by atoms with Gasteiger partial charge in [-0.25, -0.2) is 9.37 Å². The zero-order valence-electron chi connectivity index (χ0n) is 11.7. The minimum atomic E-state index is -0.284. The molecular formula is C15H16FN3S. The van der Waals surface area contributed by atoms with Crippen LogP contribution in [-0.4, -0.2) is 15.7 Å². The molecule has 1 atom stereocenters. The molecule has 0 radical (unpaired) electrons. The summed E-state index contributed by atoms with van der Waals surface area (Å²) in [6.45, 7) is 6.73. The molecule has 0 amide bonds. The Morgan fingerprint density at radius 1 is 1.40 bits per heavy atom. The summed E-state index contributed by atoms with van der Waals surface area (Å²) in [4.78, 5) is 7.64. The molecule has 3 rings (SSSR count). The van der Waals surface area contributed by atoms with Gasteiger partial charge in [0.25, 0.3) is 0 Å². The van der Waals surface area contributed by atoms with Crippen molar-refractivity contribution in [1.82, 2.24) is 9.88 Å². The van der Waals surface area contributed by atoms with Crippen LogP contribution in [0.3, 0.4) is 0 Å². The Hall–Kier alpha value is -1.75. The molecule has 1 aromatic carbocycles. The van der Waals surface area contributed by atoms with E-state index in [9.17, 15) is 4.39 Å². The molecule has 104 valence electrons. The summed E-state index contributed by atoms with van der Waals surface area (Å²) in [5.41, 5.74) is 2.74.